The Bertz CT molecular complexity index is 425. The van der Waals surface area contributed by atoms with Crippen LogP contribution in [0.3, 0.4) is 0 Å². The molecular formula is C14H22N2O5. The minimum Gasteiger partial charge on any atom is -0.481 e. The van der Waals surface area contributed by atoms with Gasteiger partial charge in [0, 0.05) is 18.5 Å². The van der Waals surface area contributed by atoms with Crippen LogP contribution in [0.25, 0.3) is 0 Å². The van der Waals surface area contributed by atoms with E-state index in [0.717, 1.165) is 12.8 Å². The van der Waals surface area contributed by atoms with Crippen LogP contribution >= 0.6 is 0 Å². The lowest BCUT2D eigenvalue weighted by Crippen LogP contribution is -2.55. The number of amides is 1. The van der Waals surface area contributed by atoms with Gasteiger partial charge in [0.05, 0.1) is 6.61 Å². The highest BCUT2D eigenvalue weighted by Gasteiger charge is 2.45. The van der Waals surface area contributed by atoms with Crippen LogP contribution in [0.5, 0.6) is 0 Å². The lowest BCUT2D eigenvalue weighted by molar-refractivity contribution is -0.152. The molecule has 0 radical (unpaired) electrons. The number of ether oxygens (including phenoxy) is 1. The summed E-state index contributed by atoms with van der Waals surface area (Å²) in [6.07, 6.45) is 3.18. The molecule has 118 valence electrons. The Kier molecular flexibility index (Phi) is 4.82. The van der Waals surface area contributed by atoms with E-state index in [1.807, 2.05) is 0 Å². The van der Waals surface area contributed by atoms with Crippen molar-refractivity contribution in [3.05, 3.63) is 0 Å². The summed E-state index contributed by atoms with van der Waals surface area (Å²) in [4.78, 5) is 36.5. The smallest absolute Gasteiger partial charge is 0.332 e. The third kappa shape index (κ3) is 3.34. The summed E-state index contributed by atoms with van der Waals surface area (Å²) >= 11 is 0. The van der Waals surface area contributed by atoms with E-state index in [1.54, 1.807) is 11.8 Å². The summed E-state index contributed by atoms with van der Waals surface area (Å²) in [6, 6.07) is -1.27. The number of fused-ring (bicyclic) bond motifs is 2. The normalized spacial score (nSPS) is 29.0. The van der Waals surface area contributed by atoms with Gasteiger partial charge in [-0.25, -0.2) is 4.79 Å². The van der Waals surface area contributed by atoms with Crippen molar-refractivity contribution in [2.24, 2.45) is 11.7 Å². The van der Waals surface area contributed by atoms with E-state index in [1.165, 1.54) is 0 Å². The number of nitrogens with two attached hydrogens (primary N) is 1. The van der Waals surface area contributed by atoms with E-state index in [9.17, 15) is 14.4 Å². The highest BCUT2D eigenvalue weighted by Crippen LogP contribution is 2.40. The van der Waals surface area contributed by atoms with Crippen molar-refractivity contribution in [1.82, 2.24) is 4.90 Å². The van der Waals surface area contributed by atoms with Gasteiger partial charge in [-0.05, 0) is 38.5 Å². The molecular weight excluding hydrogens is 276 g/mol. The molecule has 0 spiro atoms. The number of piperidine rings is 1. The minimum atomic E-state index is -1.27. The van der Waals surface area contributed by atoms with Gasteiger partial charge in [0.15, 0.2) is 6.04 Å². The SMILES string of the molecule is CCOC(=O)C(N)C(=O)N1C2CCC1CC(CC(=O)O)C2. The summed E-state index contributed by atoms with van der Waals surface area (Å²) in [5.74, 6) is -1.80. The lowest BCUT2D eigenvalue weighted by atomic mass is 9.88. The van der Waals surface area contributed by atoms with Crippen LogP contribution < -0.4 is 5.73 Å². The van der Waals surface area contributed by atoms with Crippen molar-refractivity contribution >= 4 is 17.8 Å². The standard InChI is InChI=1S/C14H22N2O5/c1-2-21-14(20)12(15)13(19)16-9-3-4-10(16)6-8(5-9)7-11(17)18/h8-10,12H,2-7,15H2,1H3,(H,17,18). The molecule has 3 N–H and O–H groups in total. The molecule has 2 saturated heterocycles. The monoisotopic (exact) mass is 298 g/mol. The summed E-state index contributed by atoms with van der Waals surface area (Å²) in [5, 5.41) is 8.89. The van der Waals surface area contributed by atoms with E-state index in [4.69, 9.17) is 15.6 Å². The van der Waals surface area contributed by atoms with Gasteiger partial charge >= 0.3 is 11.9 Å². The highest BCUT2D eigenvalue weighted by atomic mass is 16.5. The van der Waals surface area contributed by atoms with E-state index < -0.39 is 23.9 Å². The average Bonchev–Trinajstić information content (AvgIpc) is 2.68. The minimum absolute atomic E-state index is 0.000997. The maximum Gasteiger partial charge on any atom is 0.332 e. The zero-order valence-electron chi connectivity index (χ0n) is 12.2. The molecule has 7 nitrogen and oxygen atoms in total. The van der Waals surface area contributed by atoms with Crippen molar-refractivity contribution in [2.45, 2.75) is 57.2 Å². The molecule has 2 fully saturated rings. The fourth-order valence-corrected chi connectivity index (χ4v) is 3.56. The predicted molar refractivity (Wildman–Crippen MR) is 73.2 cm³/mol. The highest BCUT2D eigenvalue weighted by molar-refractivity contribution is 6.02. The summed E-state index contributed by atoms with van der Waals surface area (Å²) in [5.41, 5.74) is 5.69. The molecule has 0 saturated carbocycles. The van der Waals surface area contributed by atoms with Gasteiger partial charge in [-0.1, -0.05) is 0 Å². The number of nitrogens with zero attached hydrogens (tertiary/aromatic N) is 1. The third-order valence-corrected chi connectivity index (χ3v) is 4.36. The Labute approximate surface area is 123 Å². The Morgan fingerprint density at radius 3 is 2.33 bits per heavy atom. The van der Waals surface area contributed by atoms with E-state index in [2.05, 4.69) is 0 Å². The fraction of sp³-hybridized carbons (Fsp3) is 0.786. The second-order valence-corrected chi connectivity index (χ2v) is 5.80. The van der Waals surface area contributed by atoms with Crippen molar-refractivity contribution in [3.63, 3.8) is 0 Å². The van der Waals surface area contributed by atoms with Crippen LogP contribution in [0.2, 0.25) is 0 Å². The molecule has 2 aliphatic heterocycles. The van der Waals surface area contributed by atoms with Gasteiger partial charge in [0.1, 0.15) is 0 Å². The predicted octanol–water partition coefficient (Wildman–Crippen LogP) is 0.121. The lowest BCUT2D eigenvalue weighted by Gasteiger charge is -2.39. The number of carboxylic acid groups (broad SMARTS) is 1. The first-order chi connectivity index (χ1) is 9.93. The number of esters is 1. The molecule has 2 bridgehead atoms. The van der Waals surface area contributed by atoms with Crippen molar-refractivity contribution in [2.75, 3.05) is 6.61 Å². The molecule has 0 aromatic rings. The largest absolute Gasteiger partial charge is 0.481 e. The topological polar surface area (TPSA) is 110 Å². The third-order valence-electron chi connectivity index (χ3n) is 4.36. The van der Waals surface area contributed by atoms with Gasteiger partial charge in [0.2, 0.25) is 0 Å². The maximum absolute atomic E-state index is 12.4. The molecule has 0 aliphatic carbocycles. The molecule has 2 aliphatic rings. The van der Waals surface area contributed by atoms with Crippen LogP contribution in [0, 0.1) is 5.92 Å². The van der Waals surface area contributed by atoms with Crippen molar-refractivity contribution < 1.29 is 24.2 Å². The first-order valence-electron chi connectivity index (χ1n) is 7.40. The van der Waals surface area contributed by atoms with Gasteiger partial charge in [0.25, 0.3) is 5.91 Å². The van der Waals surface area contributed by atoms with Gasteiger partial charge in [-0.3, -0.25) is 9.59 Å². The van der Waals surface area contributed by atoms with Crippen molar-refractivity contribution in [1.29, 1.82) is 0 Å². The molecule has 21 heavy (non-hydrogen) atoms. The molecule has 1 amide bonds. The Morgan fingerprint density at radius 2 is 1.86 bits per heavy atom. The summed E-state index contributed by atoms with van der Waals surface area (Å²) in [6.45, 7) is 1.85. The molecule has 0 aromatic heterocycles. The first-order valence-corrected chi connectivity index (χ1v) is 7.40. The summed E-state index contributed by atoms with van der Waals surface area (Å²) in [7, 11) is 0. The van der Waals surface area contributed by atoms with Crippen LogP contribution in [0.4, 0.5) is 0 Å². The Balaban J connectivity index is 2.01. The number of hydrogen-bond donors (Lipinski definition) is 2. The molecule has 3 atom stereocenters. The Hall–Kier alpha value is -1.63. The van der Waals surface area contributed by atoms with E-state index in [0.29, 0.717) is 12.8 Å². The zero-order valence-corrected chi connectivity index (χ0v) is 12.2. The van der Waals surface area contributed by atoms with Crippen LogP contribution in [0.15, 0.2) is 0 Å². The summed E-state index contributed by atoms with van der Waals surface area (Å²) < 4.78 is 4.79. The number of aliphatic carboxylic acids is 1. The number of carboxylic acids is 1. The number of carbonyl (C=O) groups excluding carboxylic acids is 2. The van der Waals surface area contributed by atoms with Crippen LogP contribution in [-0.2, 0) is 19.1 Å². The quantitative estimate of drug-likeness (QED) is 0.551. The second kappa shape index (κ2) is 6.43. The van der Waals surface area contributed by atoms with E-state index >= 15 is 0 Å². The average molecular weight is 298 g/mol. The van der Waals surface area contributed by atoms with Gasteiger partial charge < -0.3 is 20.5 Å². The maximum atomic E-state index is 12.4. The van der Waals surface area contributed by atoms with Crippen LogP contribution in [0.1, 0.15) is 39.0 Å². The first kappa shape index (κ1) is 15.8. The number of rotatable bonds is 5. The zero-order chi connectivity index (χ0) is 15.6. The number of hydrogen-bond acceptors (Lipinski definition) is 5. The molecule has 0 aromatic carbocycles. The van der Waals surface area contributed by atoms with Gasteiger partial charge in [-0.15, -0.1) is 0 Å². The van der Waals surface area contributed by atoms with Crippen LogP contribution in [-0.4, -0.2) is 52.6 Å². The van der Waals surface area contributed by atoms with Gasteiger partial charge in [-0.2, -0.15) is 0 Å². The van der Waals surface area contributed by atoms with E-state index in [-0.39, 0.29) is 31.0 Å². The second-order valence-electron chi connectivity index (χ2n) is 5.80. The molecule has 3 unspecified atom stereocenters. The fourth-order valence-electron chi connectivity index (χ4n) is 3.56. The van der Waals surface area contributed by atoms with Crippen molar-refractivity contribution in [3.8, 4) is 0 Å². The number of carbonyl (C=O) groups is 3. The molecule has 7 heteroatoms. The molecule has 2 rings (SSSR count). The molecule has 2 heterocycles. The Morgan fingerprint density at radius 1 is 1.29 bits per heavy atom.